The molecule has 2 heterocycles. The topological polar surface area (TPSA) is 96.0 Å². The Morgan fingerprint density at radius 2 is 2.09 bits per heavy atom. The van der Waals surface area contributed by atoms with Crippen LogP contribution in [0.15, 0.2) is 0 Å². The number of piperidine rings is 1. The molecule has 122 valence electrons. The number of carbonyl (C=O) groups excluding carboxylic acids is 4. The number of ether oxygens (including phenoxy) is 1. The second-order valence-corrected chi connectivity index (χ2v) is 5.56. The minimum absolute atomic E-state index is 0.162. The van der Waals surface area contributed by atoms with Crippen LogP contribution in [0.2, 0.25) is 0 Å². The molecular weight excluding hydrogens is 290 g/mol. The van der Waals surface area contributed by atoms with Gasteiger partial charge in [0.25, 0.3) is 11.8 Å². The number of nitrogens with one attached hydrogen (secondary N) is 1. The van der Waals surface area contributed by atoms with Crippen LogP contribution in [0, 0.1) is 11.8 Å². The molecule has 8 nitrogen and oxygen atoms in total. The SMILES string of the molecule is CCOC(=O)C1CCCN(C(=O)CC2C(=O)NN(C)C2=O)C1. The molecule has 2 atom stereocenters. The van der Waals surface area contributed by atoms with Crippen LogP contribution in [0.3, 0.4) is 0 Å². The number of esters is 1. The molecule has 0 saturated carbocycles. The van der Waals surface area contributed by atoms with Gasteiger partial charge in [-0.3, -0.25) is 29.6 Å². The van der Waals surface area contributed by atoms with Gasteiger partial charge in [-0.25, -0.2) is 0 Å². The molecule has 0 spiro atoms. The molecule has 2 rings (SSSR count). The van der Waals surface area contributed by atoms with Gasteiger partial charge in [0.15, 0.2) is 0 Å². The van der Waals surface area contributed by atoms with E-state index >= 15 is 0 Å². The Balaban J connectivity index is 1.93. The van der Waals surface area contributed by atoms with Crippen LogP contribution in [0.4, 0.5) is 0 Å². The summed E-state index contributed by atoms with van der Waals surface area (Å²) in [6, 6.07) is 0. The van der Waals surface area contributed by atoms with Crippen LogP contribution in [0.5, 0.6) is 0 Å². The minimum atomic E-state index is -0.972. The summed E-state index contributed by atoms with van der Waals surface area (Å²) in [5.74, 6) is -2.74. The average molecular weight is 311 g/mol. The normalized spacial score (nSPS) is 25.2. The summed E-state index contributed by atoms with van der Waals surface area (Å²) in [6.45, 7) is 2.87. The zero-order valence-electron chi connectivity index (χ0n) is 12.8. The third-order valence-corrected chi connectivity index (χ3v) is 4.00. The van der Waals surface area contributed by atoms with Gasteiger partial charge in [-0.1, -0.05) is 0 Å². The second-order valence-electron chi connectivity index (χ2n) is 5.56. The third-order valence-electron chi connectivity index (χ3n) is 4.00. The number of hydrazine groups is 1. The first kappa shape index (κ1) is 16.3. The number of nitrogens with zero attached hydrogens (tertiary/aromatic N) is 2. The Kier molecular flexibility index (Phi) is 4.99. The summed E-state index contributed by atoms with van der Waals surface area (Å²) in [5, 5.41) is 1.10. The Hall–Kier alpha value is -2.12. The lowest BCUT2D eigenvalue weighted by atomic mass is 9.96. The third kappa shape index (κ3) is 3.37. The molecule has 0 aliphatic carbocycles. The fourth-order valence-corrected chi connectivity index (χ4v) is 2.78. The van der Waals surface area contributed by atoms with Gasteiger partial charge in [0.1, 0.15) is 5.92 Å². The molecule has 1 N–H and O–H groups in total. The van der Waals surface area contributed by atoms with E-state index in [1.165, 1.54) is 7.05 Å². The monoisotopic (exact) mass is 311 g/mol. The van der Waals surface area contributed by atoms with Crippen molar-refractivity contribution in [3.05, 3.63) is 0 Å². The zero-order valence-corrected chi connectivity index (χ0v) is 12.8. The van der Waals surface area contributed by atoms with Crippen LogP contribution >= 0.6 is 0 Å². The van der Waals surface area contributed by atoms with Crippen LogP contribution in [0.1, 0.15) is 26.2 Å². The van der Waals surface area contributed by atoms with E-state index in [-0.39, 0.29) is 30.8 Å². The van der Waals surface area contributed by atoms with Crippen molar-refractivity contribution >= 4 is 23.7 Å². The van der Waals surface area contributed by atoms with Crippen LogP contribution in [-0.2, 0) is 23.9 Å². The van der Waals surface area contributed by atoms with Crippen molar-refractivity contribution in [3.8, 4) is 0 Å². The van der Waals surface area contributed by atoms with Crippen molar-refractivity contribution in [1.29, 1.82) is 0 Å². The predicted octanol–water partition coefficient (Wildman–Crippen LogP) is -0.702. The summed E-state index contributed by atoms with van der Waals surface area (Å²) in [7, 11) is 1.45. The molecular formula is C14H21N3O5. The molecule has 2 saturated heterocycles. The van der Waals surface area contributed by atoms with E-state index < -0.39 is 17.7 Å². The van der Waals surface area contributed by atoms with Gasteiger partial charge in [-0.05, 0) is 19.8 Å². The predicted molar refractivity (Wildman–Crippen MR) is 75.0 cm³/mol. The number of hydrogen-bond donors (Lipinski definition) is 1. The van der Waals surface area contributed by atoms with Gasteiger partial charge < -0.3 is 9.64 Å². The largest absolute Gasteiger partial charge is 0.466 e. The van der Waals surface area contributed by atoms with Gasteiger partial charge in [0.2, 0.25) is 5.91 Å². The first-order valence-corrected chi connectivity index (χ1v) is 7.46. The number of rotatable bonds is 4. The molecule has 8 heteroatoms. The Bertz CT molecular complexity index is 493. The lowest BCUT2D eigenvalue weighted by Gasteiger charge is -2.31. The van der Waals surface area contributed by atoms with Crippen molar-refractivity contribution in [2.24, 2.45) is 11.8 Å². The number of carbonyl (C=O) groups is 4. The zero-order chi connectivity index (χ0) is 16.3. The van der Waals surface area contributed by atoms with E-state index in [0.717, 1.165) is 5.01 Å². The molecule has 2 aliphatic heterocycles. The molecule has 0 aromatic rings. The smallest absolute Gasteiger partial charge is 0.310 e. The number of hydrogen-bond acceptors (Lipinski definition) is 5. The molecule has 22 heavy (non-hydrogen) atoms. The highest BCUT2D eigenvalue weighted by molar-refractivity contribution is 6.07. The molecule has 2 unspecified atom stereocenters. The Labute approximate surface area is 128 Å². The first-order chi connectivity index (χ1) is 10.4. The van der Waals surface area contributed by atoms with E-state index in [1.54, 1.807) is 11.8 Å². The fraction of sp³-hybridized carbons (Fsp3) is 0.714. The lowest BCUT2D eigenvalue weighted by Crippen LogP contribution is -2.44. The molecule has 0 aromatic heterocycles. The fourth-order valence-electron chi connectivity index (χ4n) is 2.78. The summed E-state index contributed by atoms with van der Waals surface area (Å²) in [6.07, 6.45) is 1.23. The van der Waals surface area contributed by atoms with E-state index in [4.69, 9.17) is 4.74 Å². The summed E-state index contributed by atoms with van der Waals surface area (Å²) in [5.41, 5.74) is 2.37. The highest BCUT2D eigenvalue weighted by Crippen LogP contribution is 2.21. The highest BCUT2D eigenvalue weighted by atomic mass is 16.5. The van der Waals surface area contributed by atoms with E-state index in [9.17, 15) is 19.2 Å². The van der Waals surface area contributed by atoms with Gasteiger partial charge in [-0.2, -0.15) is 0 Å². The molecule has 0 radical (unpaired) electrons. The van der Waals surface area contributed by atoms with E-state index in [1.807, 2.05) is 0 Å². The van der Waals surface area contributed by atoms with Crippen molar-refractivity contribution in [2.45, 2.75) is 26.2 Å². The molecule has 0 bridgehead atoms. The van der Waals surface area contributed by atoms with Crippen molar-refractivity contribution in [2.75, 3.05) is 26.7 Å². The molecule has 3 amide bonds. The second kappa shape index (κ2) is 6.76. The van der Waals surface area contributed by atoms with Gasteiger partial charge in [0, 0.05) is 26.6 Å². The summed E-state index contributed by atoms with van der Waals surface area (Å²) < 4.78 is 4.99. The Morgan fingerprint density at radius 3 is 2.68 bits per heavy atom. The van der Waals surface area contributed by atoms with Crippen molar-refractivity contribution in [1.82, 2.24) is 15.3 Å². The maximum absolute atomic E-state index is 12.3. The minimum Gasteiger partial charge on any atom is -0.466 e. The molecule has 2 aliphatic rings. The van der Waals surface area contributed by atoms with Crippen LogP contribution in [-0.4, -0.2) is 60.3 Å². The van der Waals surface area contributed by atoms with E-state index in [0.29, 0.717) is 26.0 Å². The molecule has 0 aromatic carbocycles. The Morgan fingerprint density at radius 1 is 1.36 bits per heavy atom. The maximum Gasteiger partial charge on any atom is 0.310 e. The van der Waals surface area contributed by atoms with Gasteiger partial charge in [0.05, 0.1) is 12.5 Å². The van der Waals surface area contributed by atoms with Gasteiger partial charge in [-0.15, -0.1) is 0 Å². The first-order valence-electron chi connectivity index (χ1n) is 7.46. The maximum atomic E-state index is 12.3. The van der Waals surface area contributed by atoms with Crippen molar-refractivity contribution < 1.29 is 23.9 Å². The highest BCUT2D eigenvalue weighted by Gasteiger charge is 2.40. The molecule has 2 fully saturated rings. The summed E-state index contributed by atoms with van der Waals surface area (Å²) >= 11 is 0. The van der Waals surface area contributed by atoms with Crippen LogP contribution < -0.4 is 5.43 Å². The van der Waals surface area contributed by atoms with Gasteiger partial charge >= 0.3 is 5.97 Å². The summed E-state index contributed by atoms with van der Waals surface area (Å²) in [4.78, 5) is 49.1. The lowest BCUT2D eigenvalue weighted by molar-refractivity contribution is -0.152. The van der Waals surface area contributed by atoms with Crippen LogP contribution in [0.25, 0.3) is 0 Å². The standard InChI is InChI=1S/C14H21N3O5/c1-3-22-14(21)9-5-4-6-17(8-9)11(18)7-10-12(19)15-16(2)13(10)20/h9-10H,3-8H2,1-2H3,(H,15,19). The van der Waals surface area contributed by atoms with E-state index in [2.05, 4.69) is 5.43 Å². The number of amides is 3. The quantitative estimate of drug-likeness (QED) is 0.547. The number of likely N-dealkylation sites (tertiary alicyclic amines) is 1. The average Bonchev–Trinajstić information content (AvgIpc) is 2.74. The van der Waals surface area contributed by atoms with Crippen molar-refractivity contribution in [3.63, 3.8) is 0 Å².